The number of hydrogen-bond donors (Lipinski definition) is 0. The first-order valence-corrected chi connectivity index (χ1v) is 10.4. The molecule has 0 amide bonds. The van der Waals surface area contributed by atoms with E-state index >= 15 is 0 Å². The molecule has 0 saturated heterocycles. The fourth-order valence-corrected chi connectivity index (χ4v) is 3.22. The first-order chi connectivity index (χ1) is 16.4. The molecule has 0 atom stereocenters. The van der Waals surface area contributed by atoms with Gasteiger partial charge in [0.1, 0.15) is 0 Å². The van der Waals surface area contributed by atoms with Gasteiger partial charge in [-0.1, -0.05) is 42.0 Å². The zero-order valence-corrected chi connectivity index (χ0v) is 19.7. The van der Waals surface area contributed by atoms with Crippen LogP contribution < -0.4 is 23.7 Å². The quantitative estimate of drug-likeness (QED) is 0.188. The van der Waals surface area contributed by atoms with Crippen molar-refractivity contribution in [1.82, 2.24) is 0 Å². The van der Waals surface area contributed by atoms with Gasteiger partial charge in [-0.15, -0.1) is 0 Å². The van der Waals surface area contributed by atoms with E-state index in [0.717, 1.165) is 5.56 Å². The molecule has 34 heavy (non-hydrogen) atoms. The molecule has 3 aromatic carbocycles. The molecule has 176 valence electrons. The smallest absolute Gasteiger partial charge is 0.343 e. The molecule has 3 aromatic rings. The van der Waals surface area contributed by atoms with Gasteiger partial charge in [-0.25, -0.2) is 4.79 Å². The second-order valence-corrected chi connectivity index (χ2v) is 7.28. The van der Waals surface area contributed by atoms with Crippen LogP contribution in [0.4, 0.5) is 0 Å². The number of ether oxygens (including phenoxy) is 5. The molecule has 0 fully saturated rings. The fourth-order valence-electron chi connectivity index (χ4n) is 3.22. The summed E-state index contributed by atoms with van der Waals surface area (Å²) in [5.74, 6) is 0.857. The van der Waals surface area contributed by atoms with Crippen LogP contribution in [-0.2, 0) is 0 Å². The standard InChI is InChI=1S/C27H26O7/c1-17-6-10-19(11-7-17)21(28)12-8-18-9-13-22(23(14-18)30-2)34-27(29)20-15-24(31-3)26(33-5)25(16-20)32-4/h6-16H,1-5H3/b12-8+. The molecule has 7 heteroatoms. The molecule has 0 unspecified atom stereocenters. The summed E-state index contributed by atoms with van der Waals surface area (Å²) in [6, 6.07) is 15.4. The van der Waals surface area contributed by atoms with Gasteiger partial charge < -0.3 is 23.7 Å². The van der Waals surface area contributed by atoms with Crippen molar-refractivity contribution in [1.29, 1.82) is 0 Å². The average molecular weight is 462 g/mol. The van der Waals surface area contributed by atoms with Crippen LogP contribution in [-0.4, -0.2) is 40.2 Å². The largest absolute Gasteiger partial charge is 0.493 e. The molecule has 0 radical (unpaired) electrons. The zero-order valence-electron chi connectivity index (χ0n) is 19.7. The Morgan fingerprint density at radius 1 is 0.676 bits per heavy atom. The number of rotatable bonds is 9. The van der Waals surface area contributed by atoms with Gasteiger partial charge in [-0.05, 0) is 42.8 Å². The van der Waals surface area contributed by atoms with Gasteiger partial charge in [0.05, 0.1) is 34.0 Å². The molecule has 0 saturated carbocycles. The highest BCUT2D eigenvalue weighted by Crippen LogP contribution is 2.39. The summed E-state index contributed by atoms with van der Waals surface area (Å²) in [4.78, 5) is 25.2. The number of benzene rings is 3. The first-order valence-electron chi connectivity index (χ1n) is 10.4. The van der Waals surface area contributed by atoms with Crippen molar-refractivity contribution in [3.8, 4) is 28.7 Å². The summed E-state index contributed by atoms with van der Waals surface area (Å²) in [5.41, 5.74) is 2.61. The van der Waals surface area contributed by atoms with Crippen LogP contribution in [0.1, 0.15) is 31.8 Å². The Labute approximate surface area is 198 Å². The molecule has 0 aromatic heterocycles. The highest BCUT2D eigenvalue weighted by atomic mass is 16.6. The van der Waals surface area contributed by atoms with Crippen molar-refractivity contribution in [2.75, 3.05) is 28.4 Å². The number of aryl methyl sites for hydroxylation is 1. The van der Waals surface area contributed by atoms with E-state index in [4.69, 9.17) is 23.7 Å². The normalized spacial score (nSPS) is 10.6. The monoisotopic (exact) mass is 462 g/mol. The maximum atomic E-state index is 12.8. The van der Waals surface area contributed by atoms with E-state index in [0.29, 0.717) is 34.1 Å². The van der Waals surface area contributed by atoms with Crippen molar-refractivity contribution in [2.45, 2.75) is 6.92 Å². The summed E-state index contributed by atoms with van der Waals surface area (Å²) in [7, 11) is 5.88. The molecular formula is C27H26O7. The fraction of sp³-hybridized carbons (Fsp3) is 0.185. The van der Waals surface area contributed by atoms with Crippen LogP contribution in [0.5, 0.6) is 28.7 Å². The second kappa shape index (κ2) is 11.0. The van der Waals surface area contributed by atoms with Crippen LogP contribution in [0.25, 0.3) is 6.08 Å². The average Bonchev–Trinajstić information content (AvgIpc) is 2.87. The number of allylic oxidation sites excluding steroid dienone is 1. The maximum Gasteiger partial charge on any atom is 0.343 e. The summed E-state index contributed by atoms with van der Waals surface area (Å²) in [6.45, 7) is 1.96. The van der Waals surface area contributed by atoms with E-state index in [9.17, 15) is 9.59 Å². The lowest BCUT2D eigenvalue weighted by molar-refractivity contribution is 0.0728. The third kappa shape index (κ3) is 5.56. The van der Waals surface area contributed by atoms with E-state index in [1.807, 2.05) is 19.1 Å². The van der Waals surface area contributed by atoms with Crippen molar-refractivity contribution in [3.05, 3.63) is 82.9 Å². The summed E-state index contributed by atoms with van der Waals surface area (Å²) in [6.07, 6.45) is 3.16. The zero-order chi connectivity index (χ0) is 24.7. The SMILES string of the molecule is COc1cc(/C=C/C(=O)c2ccc(C)cc2)ccc1OC(=O)c1cc(OC)c(OC)c(OC)c1. The first kappa shape index (κ1) is 24.4. The Kier molecular flexibility index (Phi) is 7.92. The van der Waals surface area contributed by atoms with Crippen molar-refractivity contribution in [2.24, 2.45) is 0 Å². The third-order valence-corrected chi connectivity index (χ3v) is 5.05. The predicted molar refractivity (Wildman–Crippen MR) is 129 cm³/mol. The molecular weight excluding hydrogens is 436 g/mol. The third-order valence-electron chi connectivity index (χ3n) is 5.05. The number of hydrogen-bond acceptors (Lipinski definition) is 7. The molecule has 0 aliphatic heterocycles. The van der Waals surface area contributed by atoms with E-state index in [1.54, 1.807) is 36.4 Å². The van der Waals surface area contributed by atoms with E-state index < -0.39 is 5.97 Å². The topological polar surface area (TPSA) is 80.3 Å². The van der Waals surface area contributed by atoms with Crippen LogP contribution in [0.15, 0.2) is 60.7 Å². The Hall–Kier alpha value is -4.26. The number of methoxy groups -OCH3 is 4. The molecule has 0 spiro atoms. The van der Waals surface area contributed by atoms with Gasteiger partial charge >= 0.3 is 5.97 Å². The molecule has 0 aliphatic carbocycles. The van der Waals surface area contributed by atoms with Crippen LogP contribution in [0, 0.1) is 6.92 Å². The summed E-state index contributed by atoms with van der Waals surface area (Å²) < 4.78 is 26.8. The van der Waals surface area contributed by atoms with Gasteiger partial charge in [0.2, 0.25) is 5.75 Å². The van der Waals surface area contributed by atoms with Gasteiger partial charge in [0.25, 0.3) is 0 Å². The number of ketones is 1. The van der Waals surface area contributed by atoms with E-state index in [1.165, 1.54) is 46.6 Å². The molecule has 7 nitrogen and oxygen atoms in total. The van der Waals surface area contributed by atoms with Crippen molar-refractivity contribution < 1.29 is 33.3 Å². The molecule has 0 aliphatic rings. The van der Waals surface area contributed by atoms with E-state index in [2.05, 4.69) is 0 Å². The Bertz CT molecular complexity index is 1190. The predicted octanol–water partition coefficient (Wildman–Crippen LogP) is 5.14. The maximum absolute atomic E-state index is 12.8. The minimum Gasteiger partial charge on any atom is -0.493 e. The Morgan fingerprint density at radius 2 is 1.29 bits per heavy atom. The van der Waals surface area contributed by atoms with Gasteiger partial charge in [-0.3, -0.25) is 4.79 Å². The number of carbonyl (C=O) groups is 2. The highest BCUT2D eigenvalue weighted by molar-refractivity contribution is 6.06. The van der Waals surface area contributed by atoms with Crippen LogP contribution in [0.3, 0.4) is 0 Å². The van der Waals surface area contributed by atoms with E-state index in [-0.39, 0.29) is 17.1 Å². The van der Waals surface area contributed by atoms with Gasteiger partial charge in [0, 0.05) is 5.56 Å². The number of carbonyl (C=O) groups excluding carboxylic acids is 2. The highest BCUT2D eigenvalue weighted by Gasteiger charge is 2.19. The summed E-state index contributed by atoms with van der Waals surface area (Å²) >= 11 is 0. The minimum absolute atomic E-state index is 0.114. The Balaban J connectivity index is 1.80. The molecule has 3 rings (SSSR count). The Morgan fingerprint density at radius 3 is 1.85 bits per heavy atom. The summed E-state index contributed by atoms with van der Waals surface area (Å²) in [5, 5.41) is 0. The molecule has 0 bridgehead atoms. The minimum atomic E-state index is -0.629. The van der Waals surface area contributed by atoms with Gasteiger partial charge in [-0.2, -0.15) is 0 Å². The van der Waals surface area contributed by atoms with Crippen molar-refractivity contribution >= 4 is 17.8 Å². The molecule has 0 N–H and O–H groups in total. The lowest BCUT2D eigenvalue weighted by Gasteiger charge is -2.14. The van der Waals surface area contributed by atoms with Gasteiger partial charge in [0.15, 0.2) is 28.8 Å². The molecule has 0 heterocycles. The lowest BCUT2D eigenvalue weighted by Crippen LogP contribution is -2.10. The van der Waals surface area contributed by atoms with Crippen LogP contribution >= 0.6 is 0 Å². The van der Waals surface area contributed by atoms with Crippen molar-refractivity contribution in [3.63, 3.8) is 0 Å². The second-order valence-electron chi connectivity index (χ2n) is 7.28. The van der Waals surface area contributed by atoms with Crippen LogP contribution in [0.2, 0.25) is 0 Å². The lowest BCUT2D eigenvalue weighted by atomic mass is 10.1. The number of esters is 1.